The normalized spacial score (nSPS) is 18.3. The van der Waals surface area contributed by atoms with E-state index in [1.807, 2.05) is 0 Å². The summed E-state index contributed by atoms with van der Waals surface area (Å²) in [7, 11) is 0. The second-order valence-electron chi connectivity index (χ2n) is 4.24. The molecule has 1 fully saturated rings. The molecule has 0 bridgehead atoms. The number of hydrogen-bond donors (Lipinski definition) is 2. The Bertz CT molecular complexity index is 361. The van der Waals surface area contributed by atoms with Crippen molar-refractivity contribution in [2.24, 2.45) is 0 Å². The predicted octanol–water partition coefficient (Wildman–Crippen LogP) is 0.511. The van der Waals surface area contributed by atoms with Gasteiger partial charge in [-0.15, -0.1) is 0 Å². The number of nitrogens with zero attached hydrogens (tertiary/aromatic N) is 2. The maximum atomic E-state index is 11.6. The highest BCUT2D eigenvalue weighted by atomic mass is 16.3. The van der Waals surface area contributed by atoms with Crippen LogP contribution in [-0.2, 0) is 0 Å². The Labute approximate surface area is 93.9 Å². The van der Waals surface area contributed by atoms with Gasteiger partial charge in [-0.2, -0.15) is 0 Å². The minimum atomic E-state index is -0.717. The van der Waals surface area contributed by atoms with Crippen LogP contribution in [0.15, 0.2) is 18.7 Å². The van der Waals surface area contributed by atoms with Crippen LogP contribution in [0.1, 0.15) is 36.0 Å². The van der Waals surface area contributed by atoms with E-state index in [9.17, 15) is 9.90 Å². The zero-order valence-corrected chi connectivity index (χ0v) is 9.02. The maximum absolute atomic E-state index is 11.6. The second-order valence-corrected chi connectivity index (χ2v) is 4.24. The average Bonchev–Trinajstić information content (AvgIpc) is 2.75. The summed E-state index contributed by atoms with van der Waals surface area (Å²) in [6, 6.07) is 0. The van der Waals surface area contributed by atoms with E-state index in [0.717, 1.165) is 25.7 Å². The SMILES string of the molecule is O=C(NCC1(O)CCCC1)c1cncnc1. The summed E-state index contributed by atoms with van der Waals surface area (Å²) in [5.74, 6) is -0.235. The Hall–Kier alpha value is -1.49. The van der Waals surface area contributed by atoms with Gasteiger partial charge in [-0.25, -0.2) is 9.97 Å². The molecule has 1 amide bonds. The molecule has 1 aromatic rings. The number of carbonyl (C=O) groups is 1. The van der Waals surface area contributed by atoms with Crippen molar-refractivity contribution in [3.8, 4) is 0 Å². The molecular weight excluding hydrogens is 206 g/mol. The third-order valence-corrected chi connectivity index (χ3v) is 2.94. The Morgan fingerprint density at radius 1 is 1.38 bits per heavy atom. The minimum Gasteiger partial charge on any atom is -0.388 e. The smallest absolute Gasteiger partial charge is 0.254 e. The monoisotopic (exact) mass is 221 g/mol. The fourth-order valence-electron chi connectivity index (χ4n) is 1.97. The molecule has 0 aliphatic heterocycles. The molecule has 2 rings (SSSR count). The molecule has 5 heteroatoms. The number of aliphatic hydroxyl groups is 1. The van der Waals surface area contributed by atoms with E-state index < -0.39 is 5.60 Å². The van der Waals surface area contributed by atoms with E-state index in [1.165, 1.54) is 18.7 Å². The summed E-state index contributed by atoms with van der Waals surface area (Å²) < 4.78 is 0. The van der Waals surface area contributed by atoms with E-state index >= 15 is 0 Å². The topological polar surface area (TPSA) is 75.1 Å². The van der Waals surface area contributed by atoms with Crippen LogP contribution in [0.25, 0.3) is 0 Å². The van der Waals surface area contributed by atoms with Gasteiger partial charge < -0.3 is 10.4 Å². The molecule has 0 spiro atoms. The molecule has 2 N–H and O–H groups in total. The molecule has 16 heavy (non-hydrogen) atoms. The summed E-state index contributed by atoms with van der Waals surface area (Å²) in [5, 5.41) is 12.8. The first-order chi connectivity index (χ1) is 7.70. The molecule has 1 aliphatic rings. The molecule has 0 radical (unpaired) electrons. The summed E-state index contributed by atoms with van der Waals surface area (Å²) in [6.07, 6.45) is 7.88. The Morgan fingerprint density at radius 3 is 2.62 bits per heavy atom. The Kier molecular flexibility index (Phi) is 3.14. The lowest BCUT2D eigenvalue weighted by Gasteiger charge is -2.22. The van der Waals surface area contributed by atoms with E-state index in [-0.39, 0.29) is 5.91 Å². The number of hydrogen-bond acceptors (Lipinski definition) is 4. The van der Waals surface area contributed by atoms with Gasteiger partial charge in [0.05, 0.1) is 11.2 Å². The van der Waals surface area contributed by atoms with Crippen LogP contribution < -0.4 is 5.32 Å². The molecule has 0 atom stereocenters. The van der Waals surface area contributed by atoms with Gasteiger partial charge in [-0.05, 0) is 12.8 Å². The van der Waals surface area contributed by atoms with Crippen LogP contribution in [0, 0.1) is 0 Å². The molecular formula is C11H15N3O2. The van der Waals surface area contributed by atoms with Crippen molar-refractivity contribution in [1.29, 1.82) is 0 Å². The zero-order valence-electron chi connectivity index (χ0n) is 9.02. The Morgan fingerprint density at radius 2 is 2.00 bits per heavy atom. The maximum Gasteiger partial charge on any atom is 0.254 e. The van der Waals surface area contributed by atoms with Gasteiger partial charge in [0.25, 0.3) is 5.91 Å². The van der Waals surface area contributed by atoms with Crippen LogP contribution in [0.2, 0.25) is 0 Å². The minimum absolute atomic E-state index is 0.235. The summed E-state index contributed by atoms with van der Waals surface area (Å²) in [4.78, 5) is 19.2. The first kappa shape index (κ1) is 11.0. The van der Waals surface area contributed by atoms with Gasteiger partial charge in [-0.1, -0.05) is 12.8 Å². The summed E-state index contributed by atoms with van der Waals surface area (Å²) in [5.41, 5.74) is -0.297. The van der Waals surface area contributed by atoms with Crippen LogP contribution in [0.4, 0.5) is 0 Å². The predicted molar refractivity (Wildman–Crippen MR) is 57.8 cm³/mol. The lowest BCUT2D eigenvalue weighted by molar-refractivity contribution is 0.0449. The molecule has 1 aromatic heterocycles. The summed E-state index contributed by atoms with van der Waals surface area (Å²) >= 11 is 0. The molecule has 0 saturated heterocycles. The van der Waals surface area contributed by atoms with Crippen molar-refractivity contribution in [3.63, 3.8) is 0 Å². The van der Waals surface area contributed by atoms with Crippen LogP contribution in [0.3, 0.4) is 0 Å². The first-order valence-corrected chi connectivity index (χ1v) is 5.45. The number of nitrogens with one attached hydrogen (secondary N) is 1. The van der Waals surface area contributed by atoms with Crippen molar-refractivity contribution >= 4 is 5.91 Å². The zero-order chi connectivity index (χ0) is 11.4. The number of rotatable bonds is 3. The molecule has 5 nitrogen and oxygen atoms in total. The van der Waals surface area contributed by atoms with Crippen LogP contribution >= 0.6 is 0 Å². The van der Waals surface area contributed by atoms with E-state index in [0.29, 0.717) is 12.1 Å². The largest absolute Gasteiger partial charge is 0.388 e. The quantitative estimate of drug-likeness (QED) is 0.780. The Balaban J connectivity index is 1.89. The van der Waals surface area contributed by atoms with Gasteiger partial charge in [-0.3, -0.25) is 4.79 Å². The average molecular weight is 221 g/mol. The van der Waals surface area contributed by atoms with Crippen LogP contribution in [-0.4, -0.2) is 33.1 Å². The van der Waals surface area contributed by atoms with Gasteiger partial charge in [0.2, 0.25) is 0 Å². The van der Waals surface area contributed by atoms with Crippen molar-refractivity contribution in [2.45, 2.75) is 31.3 Å². The van der Waals surface area contributed by atoms with E-state index in [1.54, 1.807) is 0 Å². The number of carbonyl (C=O) groups excluding carboxylic acids is 1. The highest BCUT2D eigenvalue weighted by Gasteiger charge is 2.31. The molecule has 1 heterocycles. The summed E-state index contributed by atoms with van der Waals surface area (Å²) in [6.45, 7) is 0.306. The third kappa shape index (κ3) is 2.55. The van der Waals surface area contributed by atoms with Crippen molar-refractivity contribution < 1.29 is 9.90 Å². The molecule has 0 aromatic carbocycles. The fourth-order valence-corrected chi connectivity index (χ4v) is 1.97. The van der Waals surface area contributed by atoms with E-state index in [4.69, 9.17) is 0 Å². The van der Waals surface area contributed by atoms with Gasteiger partial charge >= 0.3 is 0 Å². The lowest BCUT2D eigenvalue weighted by atomic mass is 10.0. The fraction of sp³-hybridized carbons (Fsp3) is 0.545. The van der Waals surface area contributed by atoms with Gasteiger partial charge in [0.15, 0.2) is 0 Å². The second kappa shape index (κ2) is 4.57. The molecule has 0 unspecified atom stereocenters. The number of amides is 1. The molecule has 1 aliphatic carbocycles. The van der Waals surface area contributed by atoms with Crippen LogP contribution in [0.5, 0.6) is 0 Å². The van der Waals surface area contributed by atoms with Crippen molar-refractivity contribution in [2.75, 3.05) is 6.54 Å². The lowest BCUT2D eigenvalue weighted by Crippen LogP contribution is -2.40. The number of aromatic nitrogens is 2. The van der Waals surface area contributed by atoms with Gasteiger partial charge in [0.1, 0.15) is 6.33 Å². The van der Waals surface area contributed by atoms with Crippen molar-refractivity contribution in [3.05, 3.63) is 24.3 Å². The standard InChI is InChI=1S/C11H15N3O2/c15-10(9-5-12-8-13-6-9)14-7-11(16)3-1-2-4-11/h5-6,8,16H,1-4,7H2,(H,14,15). The molecule has 1 saturated carbocycles. The van der Waals surface area contributed by atoms with Gasteiger partial charge in [0, 0.05) is 18.9 Å². The third-order valence-electron chi connectivity index (χ3n) is 2.94. The van der Waals surface area contributed by atoms with Crippen molar-refractivity contribution in [1.82, 2.24) is 15.3 Å². The first-order valence-electron chi connectivity index (χ1n) is 5.45. The highest BCUT2D eigenvalue weighted by molar-refractivity contribution is 5.93. The highest BCUT2D eigenvalue weighted by Crippen LogP contribution is 2.28. The van der Waals surface area contributed by atoms with E-state index in [2.05, 4.69) is 15.3 Å². The molecule has 86 valence electrons.